The molecule has 0 aliphatic carbocycles. The van der Waals surface area contributed by atoms with E-state index in [2.05, 4.69) is 15.3 Å². The molecule has 3 N–H and O–H groups in total. The fourth-order valence-electron chi connectivity index (χ4n) is 1.52. The van der Waals surface area contributed by atoms with Crippen molar-refractivity contribution >= 4 is 5.97 Å². The van der Waals surface area contributed by atoms with E-state index in [0.717, 1.165) is 5.69 Å². The number of aryl methyl sites for hydroxylation is 1. The number of rotatable bonds is 5. The van der Waals surface area contributed by atoms with Crippen molar-refractivity contribution in [1.29, 1.82) is 0 Å². The van der Waals surface area contributed by atoms with Crippen molar-refractivity contribution < 1.29 is 9.90 Å². The van der Waals surface area contributed by atoms with Gasteiger partial charge >= 0.3 is 5.97 Å². The van der Waals surface area contributed by atoms with Gasteiger partial charge < -0.3 is 15.4 Å². The zero-order valence-electron chi connectivity index (χ0n) is 9.89. The van der Waals surface area contributed by atoms with Gasteiger partial charge in [0.2, 0.25) is 0 Å². The first-order valence-corrected chi connectivity index (χ1v) is 5.39. The lowest BCUT2D eigenvalue weighted by molar-refractivity contribution is -0.138. The highest BCUT2D eigenvalue weighted by molar-refractivity contribution is 5.73. The minimum absolute atomic E-state index is 0.167. The molecule has 0 aromatic carbocycles. The number of carboxylic acid groups (broad SMARTS) is 1. The zero-order chi connectivity index (χ0) is 13.1. The van der Waals surface area contributed by atoms with Gasteiger partial charge in [-0.25, -0.2) is 9.67 Å². The maximum absolute atomic E-state index is 10.6. The lowest BCUT2D eigenvalue weighted by atomic mass is 10.2. The van der Waals surface area contributed by atoms with E-state index in [0.29, 0.717) is 12.2 Å². The highest BCUT2D eigenvalue weighted by Crippen LogP contribution is 2.02. The lowest BCUT2D eigenvalue weighted by Crippen LogP contribution is -2.32. The van der Waals surface area contributed by atoms with Crippen LogP contribution in [0, 0.1) is 0 Å². The van der Waals surface area contributed by atoms with Gasteiger partial charge in [-0.15, -0.1) is 5.10 Å². The van der Waals surface area contributed by atoms with E-state index in [1.54, 1.807) is 23.4 Å². The van der Waals surface area contributed by atoms with Crippen LogP contribution in [0.5, 0.6) is 0 Å². The summed E-state index contributed by atoms with van der Waals surface area (Å²) in [5.74, 6) is -1.05. The average Bonchev–Trinajstić information content (AvgIpc) is 2.90. The Morgan fingerprint density at radius 2 is 2.39 bits per heavy atom. The van der Waals surface area contributed by atoms with Crippen molar-refractivity contribution in [3.8, 4) is 0 Å². The number of hydrogen-bond acceptors (Lipinski definition) is 5. The molecule has 2 aromatic heterocycles. The van der Waals surface area contributed by atoms with Crippen molar-refractivity contribution in [3.63, 3.8) is 0 Å². The third-order valence-corrected chi connectivity index (χ3v) is 2.57. The molecule has 0 aliphatic heterocycles. The van der Waals surface area contributed by atoms with Gasteiger partial charge in [0.15, 0.2) is 0 Å². The van der Waals surface area contributed by atoms with Gasteiger partial charge in [-0.05, 0) is 0 Å². The van der Waals surface area contributed by atoms with Crippen LogP contribution in [0.2, 0.25) is 0 Å². The van der Waals surface area contributed by atoms with Gasteiger partial charge in [0.05, 0.1) is 30.5 Å². The molecule has 18 heavy (non-hydrogen) atoms. The Morgan fingerprint density at radius 3 is 3.00 bits per heavy atom. The number of nitrogens with zero attached hydrogens (tertiary/aromatic N) is 5. The van der Waals surface area contributed by atoms with Gasteiger partial charge in [-0.1, -0.05) is 5.21 Å². The topological polar surface area (TPSA) is 112 Å². The molecule has 2 aromatic rings. The van der Waals surface area contributed by atoms with Gasteiger partial charge in [-0.2, -0.15) is 0 Å². The third kappa shape index (κ3) is 2.72. The van der Waals surface area contributed by atoms with E-state index >= 15 is 0 Å². The summed E-state index contributed by atoms with van der Waals surface area (Å²) in [7, 11) is 1.89. The molecular weight excluding hydrogens is 236 g/mol. The molecule has 0 radical (unpaired) electrons. The first-order valence-electron chi connectivity index (χ1n) is 5.39. The molecule has 1 atom stereocenters. The van der Waals surface area contributed by atoms with E-state index in [4.69, 9.17) is 10.8 Å². The Kier molecular flexibility index (Phi) is 3.38. The predicted molar refractivity (Wildman–Crippen MR) is 61.6 cm³/mol. The third-order valence-electron chi connectivity index (χ3n) is 2.57. The van der Waals surface area contributed by atoms with Crippen LogP contribution in [-0.4, -0.2) is 41.7 Å². The number of carboxylic acids is 1. The van der Waals surface area contributed by atoms with Crippen LogP contribution in [0.25, 0.3) is 0 Å². The fourth-order valence-corrected chi connectivity index (χ4v) is 1.52. The van der Waals surface area contributed by atoms with Gasteiger partial charge in [0, 0.05) is 19.7 Å². The van der Waals surface area contributed by atoms with Crippen LogP contribution in [0.4, 0.5) is 0 Å². The predicted octanol–water partition coefficient (Wildman–Crippen LogP) is -0.986. The van der Waals surface area contributed by atoms with Crippen molar-refractivity contribution in [2.45, 2.75) is 19.0 Å². The summed E-state index contributed by atoms with van der Waals surface area (Å²) in [6.45, 7) is 0.534. The second-order valence-corrected chi connectivity index (χ2v) is 4.05. The fraction of sp³-hybridized carbons (Fsp3) is 0.400. The Bertz CT molecular complexity index is 546. The molecule has 96 valence electrons. The normalized spacial score (nSPS) is 12.6. The number of nitrogens with two attached hydrogens (primary N) is 1. The van der Waals surface area contributed by atoms with Crippen LogP contribution in [0.1, 0.15) is 11.4 Å². The Balaban J connectivity index is 2.02. The van der Waals surface area contributed by atoms with E-state index in [9.17, 15) is 4.79 Å². The lowest BCUT2D eigenvalue weighted by Gasteiger charge is -2.02. The Labute approximate surface area is 103 Å². The van der Waals surface area contributed by atoms with E-state index in [1.165, 1.54) is 0 Å². The second kappa shape index (κ2) is 4.96. The summed E-state index contributed by atoms with van der Waals surface area (Å²) < 4.78 is 3.51. The summed E-state index contributed by atoms with van der Waals surface area (Å²) in [5, 5.41) is 16.5. The number of imidazole rings is 1. The molecule has 0 bridgehead atoms. The molecule has 0 spiro atoms. The summed E-state index contributed by atoms with van der Waals surface area (Å²) in [5.41, 5.74) is 6.97. The maximum Gasteiger partial charge on any atom is 0.320 e. The van der Waals surface area contributed by atoms with Crippen molar-refractivity contribution in [2.24, 2.45) is 12.8 Å². The van der Waals surface area contributed by atoms with Gasteiger partial charge in [0.1, 0.15) is 6.04 Å². The highest BCUT2D eigenvalue weighted by atomic mass is 16.4. The molecule has 0 saturated carbocycles. The first kappa shape index (κ1) is 12.2. The second-order valence-electron chi connectivity index (χ2n) is 4.05. The molecule has 8 heteroatoms. The van der Waals surface area contributed by atoms with Crippen molar-refractivity contribution in [2.75, 3.05) is 0 Å². The largest absolute Gasteiger partial charge is 0.480 e. The molecule has 0 amide bonds. The number of aliphatic carboxylic acids is 1. The molecule has 2 rings (SSSR count). The number of aromatic nitrogens is 5. The Morgan fingerprint density at radius 1 is 1.61 bits per heavy atom. The van der Waals surface area contributed by atoms with Crippen LogP contribution in [0.15, 0.2) is 18.7 Å². The van der Waals surface area contributed by atoms with Crippen molar-refractivity contribution in [3.05, 3.63) is 30.1 Å². The highest BCUT2D eigenvalue weighted by Gasteiger charge is 2.14. The van der Waals surface area contributed by atoms with E-state index in [-0.39, 0.29) is 6.42 Å². The van der Waals surface area contributed by atoms with Gasteiger partial charge in [-0.3, -0.25) is 4.79 Å². The van der Waals surface area contributed by atoms with Crippen molar-refractivity contribution in [1.82, 2.24) is 24.5 Å². The number of hydrogen-bond donors (Lipinski definition) is 2. The van der Waals surface area contributed by atoms with Crippen LogP contribution in [-0.2, 0) is 24.8 Å². The summed E-state index contributed by atoms with van der Waals surface area (Å²) in [6, 6.07) is -0.952. The molecular formula is C10H14N6O2. The van der Waals surface area contributed by atoms with Crippen LogP contribution >= 0.6 is 0 Å². The zero-order valence-corrected chi connectivity index (χ0v) is 9.89. The Hall–Kier alpha value is -2.22. The average molecular weight is 250 g/mol. The molecule has 1 unspecified atom stereocenters. The van der Waals surface area contributed by atoms with E-state index in [1.807, 2.05) is 11.6 Å². The van der Waals surface area contributed by atoms with Gasteiger partial charge in [0.25, 0.3) is 0 Å². The SMILES string of the molecule is Cn1cncc1Cn1cc(CC(N)C(=O)O)nn1. The molecule has 0 aliphatic rings. The van der Waals surface area contributed by atoms with Crippen LogP contribution in [0.3, 0.4) is 0 Å². The number of carbonyl (C=O) groups is 1. The van der Waals surface area contributed by atoms with E-state index < -0.39 is 12.0 Å². The quantitative estimate of drug-likeness (QED) is 0.705. The molecule has 8 nitrogen and oxygen atoms in total. The molecule has 0 saturated heterocycles. The molecule has 0 fully saturated rings. The smallest absolute Gasteiger partial charge is 0.320 e. The van der Waals surface area contributed by atoms with Crippen LogP contribution < -0.4 is 5.73 Å². The minimum atomic E-state index is -1.05. The summed E-state index contributed by atoms with van der Waals surface area (Å²) in [4.78, 5) is 14.6. The standard InChI is InChI=1S/C10H14N6O2/c1-15-6-12-3-8(15)5-16-4-7(13-14-16)2-9(11)10(17)18/h3-4,6,9H,2,5,11H2,1H3,(H,17,18). The summed E-state index contributed by atoms with van der Waals surface area (Å²) >= 11 is 0. The minimum Gasteiger partial charge on any atom is -0.480 e. The monoisotopic (exact) mass is 250 g/mol. The first-order chi connectivity index (χ1) is 8.56. The summed E-state index contributed by atoms with van der Waals surface area (Å²) in [6.07, 6.45) is 5.30. The molecule has 2 heterocycles. The maximum atomic E-state index is 10.6.